The second kappa shape index (κ2) is 7.99. The number of piperidine rings is 1. The molecule has 5 nitrogen and oxygen atoms in total. The molecular formula is C19H30N2O3. The number of carbonyl (C=O) groups excluding carboxylic acids is 1. The Bertz CT molecular complexity index is 546. The highest BCUT2D eigenvalue weighted by Crippen LogP contribution is 2.30. The van der Waals surface area contributed by atoms with Gasteiger partial charge in [0.25, 0.3) is 5.91 Å². The maximum atomic E-state index is 12.5. The Morgan fingerprint density at radius 2 is 1.92 bits per heavy atom. The van der Waals surface area contributed by atoms with Crippen molar-refractivity contribution in [3.63, 3.8) is 0 Å². The van der Waals surface area contributed by atoms with Gasteiger partial charge in [-0.05, 0) is 43.0 Å². The van der Waals surface area contributed by atoms with Crippen molar-refractivity contribution >= 4 is 5.91 Å². The number of nitrogens with one attached hydrogen (secondary N) is 2. The zero-order chi connectivity index (χ0) is 17.6. The molecule has 0 aromatic heterocycles. The first-order valence-electron chi connectivity index (χ1n) is 8.65. The minimum Gasteiger partial charge on any atom is -0.491 e. The number of rotatable bonds is 6. The quantitative estimate of drug-likeness (QED) is 0.784. The van der Waals surface area contributed by atoms with Crippen LogP contribution in [0.2, 0.25) is 0 Å². The fraction of sp³-hybridized carbons (Fsp3) is 0.632. The third kappa shape index (κ3) is 4.48. The van der Waals surface area contributed by atoms with Crippen molar-refractivity contribution in [3.8, 4) is 5.75 Å². The predicted molar refractivity (Wildman–Crippen MR) is 95.5 cm³/mol. The van der Waals surface area contributed by atoms with E-state index in [4.69, 9.17) is 9.47 Å². The number of amides is 1. The lowest BCUT2D eigenvalue weighted by molar-refractivity contribution is -0.146. The van der Waals surface area contributed by atoms with E-state index in [9.17, 15) is 4.79 Å². The van der Waals surface area contributed by atoms with E-state index in [1.54, 1.807) is 7.11 Å². The number of carbonyl (C=O) groups is 1. The fourth-order valence-electron chi connectivity index (χ4n) is 3.05. The molecular weight excluding hydrogens is 304 g/mol. The second-order valence-electron chi connectivity index (χ2n) is 7.30. The second-order valence-corrected chi connectivity index (χ2v) is 7.30. The molecule has 134 valence electrons. The summed E-state index contributed by atoms with van der Waals surface area (Å²) in [5.41, 5.74) is 0.493. The molecule has 0 radical (unpaired) electrons. The number of hydrogen-bond acceptors (Lipinski definition) is 4. The summed E-state index contributed by atoms with van der Waals surface area (Å²) in [4.78, 5) is 12.5. The van der Waals surface area contributed by atoms with E-state index in [2.05, 4.69) is 37.5 Å². The first-order valence-corrected chi connectivity index (χ1v) is 8.65. The average molecular weight is 334 g/mol. The Morgan fingerprint density at radius 1 is 1.25 bits per heavy atom. The molecule has 1 aliphatic rings. The lowest BCUT2D eigenvalue weighted by Gasteiger charge is -2.34. The molecule has 2 rings (SSSR count). The average Bonchev–Trinajstić information content (AvgIpc) is 2.58. The van der Waals surface area contributed by atoms with Crippen LogP contribution in [0, 0.1) is 0 Å². The molecule has 1 amide bonds. The van der Waals surface area contributed by atoms with Gasteiger partial charge in [-0.2, -0.15) is 0 Å². The van der Waals surface area contributed by atoms with Crippen molar-refractivity contribution < 1.29 is 14.3 Å². The molecule has 0 aliphatic carbocycles. The molecule has 24 heavy (non-hydrogen) atoms. The molecule has 1 fully saturated rings. The van der Waals surface area contributed by atoms with E-state index < -0.39 is 5.60 Å². The van der Waals surface area contributed by atoms with Gasteiger partial charge in [-0.15, -0.1) is 0 Å². The number of methoxy groups -OCH3 is 1. The summed E-state index contributed by atoms with van der Waals surface area (Å²) in [6, 6.07) is 8.06. The molecule has 0 unspecified atom stereocenters. The van der Waals surface area contributed by atoms with Gasteiger partial charge >= 0.3 is 0 Å². The Morgan fingerprint density at radius 3 is 2.54 bits per heavy atom. The highest BCUT2D eigenvalue weighted by Gasteiger charge is 2.39. The lowest BCUT2D eigenvalue weighted by atomic mass is 9.86. The van der Waals surface area contributed by atoms with Crippen molar-refractivity contribution in [2.75, 3.05) is 33.4 Å². The molecule has 1 aliphatic heterocycles. The van der Waals surface area contributed by atoms with Crippen LogP contribution in [0.5, 0.6) is 5.75 Å². The van der Waals surface area contributed by atoms with E-state index in [0.29, 0.717) is 26.0 Å². The summed E-state index contributed by atoms with van der Waals surface area (Å²) in [5, 5.41) is 6.21. The van der Waals surface area contributed by atoms with Crippen LogP contribution in [0.25, 0.3) is 0 Å². The van der Waals surface area contributed by atoms with Gasteiger partial charge in [0.1, 0.15) is 18.0 Å². The van der Waals surface area contributed by atoms with Gasteiger partial charge < -0.3 is 20.1 Å². The SMILES string of the molecule is COC1(C(=O)NCCOc2ccccc2C(C)(C)C)CCNCC1. The first kappa shape index (κ1) is 18.7. The summed E-state index contributed by atoms with van der Waals surface area (Å²) >= 11 is 0. The van der Waals surface area contributed by atoms with Gasteiger partial charge in [0.15, 0.2) is 0 Å². The molecule has 2 N–H and O–H groups in total. The molecule has 5 heteroatoms. The monoisotopic (exact) mass is 334 g/mol. The molecule has 1 saturated heterocycles. The zero-order valence-corrected chi connectivity index (χ0v) is 15.3. The minimum atomic E-state index is -0.700. The van der Waals surface area contributed by atoms with Crippen LogP contribution in [0.4, 0.5) is 0 Å². The van der Waals surface area contributed by atoms with Gasteiger partial charge in [-0.1, -0.05) is 39.0 Å². The molecule has 1 heterocycles. The fourth-order valence-corrected chi connectivity index (χ4v) is 3.05. The number of ether oxygens (including phenoxy) is 2. The summed E-state index contributed by atoms with van der Waals surface area (Å²) in [5.74, 6) is 0.835. The van der Waals surface area contributed by atoms with Gasteiger partial charge in [-0.3, -0.25) is 4.79 Å². The van der Waals surface area contributed by atoms with Crippen molar-refractivity contribution in [1.82, 2.24) is 10.6 Å². The Balaban J connectivity index is 1.86. The molecule has 0 atom stereocenters. The van der Waals surface area contributed by atoms with Gasteiger partial charge in [0, 0.05) is 7.11 Å². The highest BCUT2D eigenvalue weighted by atomic mass is 16.5. The Labute approximate surface area is 145 Å². The van der Waals surface area contributed by atoms with Crippen LogP contribution < -0.4 is 15.4 Å². The van der Waals surface area contributed by atoms with Crippen molar-refractivity contribution in [2.45, 2.75) is 44.6 Å². The van der Waals surface area contributed by atoms with E-state index in [1.165, 1.54) is 5.56 Å². The van der Waals surface area contributed by atoms with Crippen LogP contribution in [-0.2, 0) is 14.9 Å². The number of benzene rings is 1. The molecule has 0 saturated carbocycles. The first-order chi connectivity index (χ1) is 11.4. The topological polar surface area (TPSA) is 59.6 Å². The van der Waals surface area contributed by atoms with Crippen LogP contribution >= 0.6 is 0 Å². The smallest absolute Gasteiger partial charge is 0.252 e. The van der Waals surface area contributed by atoms with Crippen LogP contribution in [0.1, 0.15) is 39.2 Å². The van der Waals surface area contributed by atoms with Gasteiger partial charge in [0.05, 0.1) is 6.54 Å². The predicted octanol–water partition coefficient (Wildman–Crippen LogP) is 2.25. The highest BCUT2D eigenvalue weighted by molar-refractivity contribution is 5.85. The zero-order valence-electron chi connectivity index (χ0n) is 15.3. The Kier molecular flexibility index (Phi) is 6.24. The summed E-state index contributed by atoms with van der Waals surface area (Å²) < 4.78 is 11.4. The molecule has 0 spiro atoms. The van der Waals surface area contributed by atoms with E-state index in [0.717, 1.165) is 18.8 Å². The molecule has 1 aromatic carbocycles. The van der Waals surface area contributed by atoms with E-state index >= 15 is 0 Å². The van der Waals surface area contributed by atoms with Crippen molar-refractivity contribution in [2.24, 2.45) is 0 Å². The van der Waals surface area contributed by atoms with Crippen LogP contribution in [0.3, 0.4) is 0 Å². The largest absolute Gasteiger partial charge is 0.491 e. The van der Waals surface area contributed by atoms with Crippen molar-refractivity contribution in [3.05, 3.63) is 29.8 Å². The third-order valence-corrected chi connectivity index (χ3v) is 4.56. The van der Waals surface area contributed by atoms with Gasteiger partial charge in [0.2, 0.25) is 0 Å². The third-order valence-electron chi connectivity index (χ3n) is 4.56. The maximum Gasteiger partial charge on any atom is 0.252 e. The van der Waals surface area contributed by atoms with E-state index in [-0.39, 0.29) is 11.3 Å². The van der Waals surface area contributed by atoms with Gasteiger partial charge in [-0.25, -0.2) is 0 Å². The summed E-state index contributed by atoms with van der Waals surface area (Å²) in [6.07, 6.45) is 1.39. The summed E-state index contributed by atoms with van der Waals surface area (Å²) in [7, 11) is 1.61. The normalized spacial score (nSPS) is 17.3. The molecule has 0 bridgehead atoms. The number of hydrogen-bond donors (Lipinski definition) is 2. The summed E-state index contributed by atoms with van der Waals surface area (Å²) in [6.45, 7) is 9.00. The van der Waals surface area contributed by atoms with Crippen LogP contribution in [-0.4, -0.2) is 44.9 Å². The van der Waals surface area contributed by atoms with Crippen LogP contribution in [0.15, 0.2) is 24.3 Å². The Hall–Kier alpha value is -1.59. The van der Waals surface area contributed by atoms with E-state index in [1.807, 2.05) is 18.2 Å². The molecule has 1 aromatic rings. The minimum absolute atomic E-state index is 0.0229. The maximum absolute atomic E-state index is 12.5. The number of para-hydroxylation sites is 1. The lowest BCUT2D eigenvalue weighted by Crippen LogP contribution is -2.54. The standard InChI is InChI=1S/C19H30N2O3/c1-18(2,3)15-7-5-6-8-16(15)24-14-13-21-17(22)19(23-4)9-11-20-12-10-19/h5-8,20H,9-14H2,1-4H3,(H,21,22). The van der Waals surface area contributed by atoms with Crippen molar-refractivity contribution in [1.29, 1.82) is 0 Å².